The number of amides is 4. The Labute approximate surface area is 224 Å². The third-order valence-corrected chi connectivity index (χ3v) is 8.28. The van der Waals surface area contributed by atoms with Crippen molar-refractivity contribution >= 4 is 35.4 Å². The molecule has 3 aliphatic heterocycles. The van der Waals surface area contributed by atoms with Gasteiger partial charge in [0.2, 0.25) is 17.7 Å². The molecule has 3 aliphatic rings. The molecule has 1 aromatic carbocycles. The van der Waals surface area contributed by atoms with E-state index in [1.165, 1.54) is 34.4 Å². The first-order chi connectivity index (χ1) is 18.4. The van der Waals surface area contributed by atoms with Gasteiger partial charge in [0.25, 0.3) is 5.56 Å². The van der Waals surface area contributed by atoms with Crippen molar-refractivity contribution in [2.45, 2.75) is 19.4 Å². The summed E-state index contributed by atoms with van der Waals surface area (Å²) in [5, 5.41) is 10.4. The number of nitrogens with zero attached hydrogens (tertiary/aromatic N) is 7. The number of aliphatic imine (C=N–C) groups is 1. The predicted octanol–water partition coefficient (Wildman–Crippen LogP) is -0.356. The Morgan fingerprint density at radius 1 is 1.00 bits per heavy atom. The Kier molecular flexibility index (Phi) is 6.21. The van der Waals surface area contributed by atoms with Gasteiger partial charge in [-0.3, -0.25) is 43.2 Å². The average molecular weight is 538 g/mol. The molecule has 0 aliphatic carbocycles. The number of aromatic nitrogens is 2. The van der Waals surface area contributed by atoms with Crippen molar-refractivity contribution in [3.05, 3.63) is 50.2 Å². The summed E-state index contributed by atoms with van der Waals surface area (Å²) in [6.45, 7) is 4.65. The molecule has 206 valence electrons. The number of hydrogen-bond acceptors (Lipinski definition) is 9. The van der Waals surface area contributed by atoms with E-state index >= 15 is 0 Å². The number of carbonyl (C=O) groups excluding carboxylic acids is 3. The molecule has 13 heteroatoms. The van der Waals surface area contributed by atoms with E-state index in [2.05, 4.69) is 14.8 Å². The van der Waals surface area contributed by atoms with Crippen molar-refractivity contribution < 1.29 is 19.5 Å². The van der Waals surface area contributed by atoms with Crippen molar-refractivity contribution in [2.24, 2.45) is 24.5 Å². The highest BCUT2D eigenvalue weighted by Gasteiger charge is 2.63. The van der Waals surface area contributed by atoms with Gasteiger partial charge in [-0.25, -0.2) is 9.59 Å². The molecule has 1 aromatic heterocycles. The molecule has 1 N–H and O–H groups in total. The van der Waals surface area contributed by atoms with E-state index in [-0.39, 0.29) is 12.0 Å². The smallest absolute Gasteiger partial charge is 0.333 e. The Balaban J connectivity index is 1.61. The number of aromatic hydroxyl groups is 1. The Morgan fingerprint density at radius 2 is 1.67 bits per heavy atom. The van der Waals surface area contributed by atoms with E-state index in [0.717, 1.165) is 37.7 Å². The lowest BCUT2D eigenvalue weighted by Crippen LogP contribution is -2.74. The van der Waals surface area contributed by atoms with Gasteiger partial charge in [0.05, 0.1) is 11.7 Å². The summed E-state index contributed by atoms with van der Waals surface area (Å²) in [5.74, 6) is -1.56. The van der Waals surface area contributed by atoms with Gasteiger partial charge in [0.15, 0.2) is 5.41 Å². The van der Waals surface area contributed by atoms with Crippen molar-refractivity contribution in [1.29, 1.82) is 0 Å². The van der Waals surface area contributed by atoms with Crippen molar-refractivity contribution in [1.82, 2.24) is 23.8 Å². The van der Waals surface area contributed by atoms with Crippen LogP contribution in [0, 0.1) is 5.41 Å². The second-order valence-electron chi connectivity index (χ2n) is 10.3. The summed E-state index contributed by atoms with van der Waals surface area (Å²) in [6.07, 6.45) is 1.27. The summed E-state index contributed by atoms with van der Waals surface area (Å²) in [4.78, 5) is 75.5. The van der Waals surface area contributed by atoms with Crippen LogP contribution in [0.2, 0.25) is 0 Å². The average Bonchev–Trinajstić information content (AvgIpc) is 2.95. The number of carbonyl (C=O) groups is 3. The van der Waals surface area contributed by atoms with E-state index in [1.54, 1.807) is 12.1 Å². The standard InChI is InChI=1S/C26H31N7O6/c1-6-32-9-10-33-18-8-7-16(27-13-17-20(34)28(2)24(38)29(3)21(17)35)11-15(18)12-26(19(33)14-32)22(36)30(4)25(39)31(5)23(26)37/h7-8,11,13,19,34H,6,9-10,12,14H2,1-5H3/t19-/m1/s1. The minimum Gasteiger partial charge on any atom is -0.494 e. The first-order valence-corrected chi connectivity index (χ1v) is 12.7. The summed E-state index contributed by atoms with van der Waals surface area (Å²) in [7, 11) is 5.46. The van der Waals surface area contributed by atoms with Gasteiger partial charge in [-0.05, 0) is 36.7 Å². The van der Waals surface area contributed by atoms with Gasteiger partial charge in [0, 0.05) is 59.7 Å². The molecule has 4 heterocycles. The molecule has 39 heavy (non-hydrogen) atoms. The van der Waals surface area contributed by atoms with Gasteiger partial charge in [-0.2, -0.15) is 0 Å². The zero-order chi connectivity index (χ0) is 28.4. The Hall–Kier alpha value is -4.26. The van der Waals surface area contributed by atoms with Crippen molar-refractivity contribution in [2.75, 3.05) is 45.2 Å². The van der Waals surface area contributed by atoms with E-state index in [9.17, 15) is 29.1 Å². The van der Waals surface area contributed by atoms with Gasteiger partial charge in [-0.1, -0.05) is 6.92 Å². The molecule has 2 aromatic rings. The summed E-state index contributed by atoms with van der Waals surface area (Å²) in [6, 6.07) is 4.26. The van der Waals surface area contributed by atoms with Crippen LogP contribution in [-0.2, 0) is 30.1 Å². The number of hydrogen-bond donors (Lipinski definition) is 1. The molecule has 4 amide bonds. The van der Waals surface area contributed by atoms with Crippen LogP contribution in [-0.4, -0.2) is 99.3 Å². The number of piperazine rings is 1. The fourth-order valence-corrected chi connectivity index (χ4v) is 5.97. The number of rotatable bonds is 3. The molecule has 13 nitrogen and oxygen atoms in total. The maximum Gasteiger partial charge on any atom is 0.333 e. The van der Waals surface area contributed by atoms with E-state index in [1.807, 2.05) is 13.0 Å². The fourth-order valence-electron chi connectivity index (χ4n) is 5.97. The van der Waals surface area contributed by atoms with Crippen LogP contribution in [0.25, 0.3) is 0 Å². The number of anilines is 1. The molecular formula is C26H31N7O6. The molecule has 0 bridgehead atoms. The van der Waals surface area contributed by atoms with Crippen LogP contribution in [0.4, 0.5) is 16.2 Å². The second-order valence-corrected chi connectivity index (χ2v) is 10.3. The summed E-state index contributed by atoms with van der Waals surface area (Å²) < 4.78 is 1.83. The van der Waals surface area contributed by atoms with Crippen molar-refractivity contribution in [3.8, 4) is 5.88 Å². The minimum atomic E-state index is -1.49. The minimum absolute atomic E-state index is 0.0803. The highest BCUT2D eigenvalue weighted by atomic mass is 16.3. The third kappa shape index (κ3) is 3.71. The molecule has 0 radical (unpaired) electrons. The quantitative estimate of drug-likeness (QED) is 0.414. The van der Waals surface area contributed by atoms with Crippen LogP contribution >= 0.6 is 0 Å². The van der Waals surface area contributed by atoms with E-state index in [0.29, 0.717) is 24.3 Å². The van der Waals surface area contributed by atoms with Crippen LogP contribution in [0.1, 0.15) is 18.1 Å². The Morgan fingerprint density at radius 3 is 2.31 bits per heavy atom. The number of likely N-dealkylation sites (N-methyl/N-ethyl adjacent to an activating group) is 1. The number of urea groups is 1. The molecule has 2 fully saturated rings. The van der Waals surface area contributed by atoms with Crippen LogP contribution in [0.3, 0.4) is 0 Å². The monoisotopic (exact) mass is 537 g/mol. The molecule has 1 atom stereocenters. The summed E-state index contributed by atoms with van der Waals surface area (Å²) in [5.41, 5.74) is -0.983. The van der Waals surface area contributed by atoms with Gasteiger partial charge >= 0.3 is 11.7 Å². The fraction of sp³-hybridized carbons (Fsp3) is 0.462. The third-order valence-electron chi connectivity index (χ3n) is 8.28. The number of imide groups is 2. The maximum atomic E-state index is 13.8. The van der Waals surface area contributed by atoms with E-state index < -0.39 is 46.4 Å². The molecule has 2 saturated heterocycles. The largest absolute Gasteiger partial charge is 0.494 e. The molecule has 0 unspecified atom stereocenters. The first kappa shape index (κ1) is 26.4. The first-order valence-electron chi connectivity index (χ1n) is 12.7. The lowest BCUT2D eigenvalue weighted by molar-refractivity contribution is -0.160. The summed E-state index contributed by atoms with van der Waals surface area (Å²) >= 11 is 0. The van der Waals surface area contributed by atoms with Crippen LogP contribution in [0.15, 0.2) is 32.8 Å². The van der Waals surface area contributed by atoms with Crippen molar-refractivity contribution in [3.63, 3.8) is 0 Å². The van der Waals surface area contributed by atoms with Gasteiger partial charge in [0.1, 0.15) is 5.56 Å². The normalized spacial score (nSPS) is 21.2. The van der Waals surface area contributed by atoms with Crippen LogP contribution in [0.5, 0.6) is 5.88 Å². The number of fused-ring (bicyclic) bond motifs is 4. The highest BCUT2D eigenvalue weighted by Crippen LogP contribution is 2.47. The number of barbiturate groups is 1. The highest BCUT2D eigenvalue weighted by molar-refractivity contribution is 6.20. The van der Waals surface area contributed by atoms with Gasteiger partial charge < -0.3 is 10.0 Å². The second kappa shape index (κ2) is 9.19. The zero-order valence-corrected chi connectivity index (χ0v) is 22.5. The zero-order valence-electron chi connectivity index (χ0n) is 22.5. The lowest BCUT2D eigenvalue weighted by Gasteiger charge is -2.56. The molecular weight excluding hydrogens is 506 g/mol. The molecule has 1 spiro atoms. The topological polar surface area (TPSA) is 141 Å². The van der Waals surface area contributed by atoms with Crippen LogP contribution < -0.4 is 16.1 Å². The molecule has 5 rings (SSSR count). The number of benzene rings is 1. The van der Waals surface area contributed by atoms with Gasteiger partial charge in [-0.15, -0.1) is 0 Å². The lowest BCUT2D eigenvalue weighted by atomic mass is 9.67. The predicted molar refractivity (Wildman–Crippen MR) is 143 cm³/mol. The van der Waals surface area contributed by atoms with E-state index in [4.69, 9.17) is 0 Å². The molecule has 0 saturated carbocycles. The maximum absolute atomic E-state index is 13.8. The SMILES string of the molecule is CCN1CCN2c3ccc(N=Cc4c(O)n(C)c(=O)n(C)c4=O)cc3CC3(C(=O)N(C)C(=O)N(C)C3=O)[C@H]2C1. The Bertz CT molecular complexity index is 1530.